The molecular weight excluding hydrogens is 655 g/mol. The number of amides is 2. The van der Waals surface area contributed by atoms with Crippen molar-refractivity contribution in [1.29, 1.82) is 0 Å². The number of ether oxygens (including phenoxy) is 2. The first-order chi connectivity index (χ1) is 23.7. The van der Waals surface area contributed by atoms with Gasteiger partial charge in [0.2, 0.25) is 11.8 Å². The van der Waals surface area contributed by atoms with Gasteiger partial charge in [-0.25, -0.2) is 9.97 Å². The van der Waals surface area contributed by atoms with Gasteiger partial charge in [0.25, 0.3) is 0 Å². The molecule has 4 aromatic rings. The van der Waals surface area contributed by atoms with Crippen molar-refractivity contribution in [3.05, 3.63) is 64.7 Å². The zero-order valence-corrected chi connectivity index (χ0v) is 30.3. The van der Waals surface area contributed by atoms with Crippen molar-refractivity contribution in [2.75, 3.05) is 19.0 Å². The van der Waals surface area contributed by atoms with Gasteiger partial charge < -0.3 is 31.2 Å². The SMILES string of the molecule is C=NN/N=C(\N)c1cccc(N[C@H](C(=O)N2C[C@H](Oc3cc(-c4nc(C(C)C)cs4)nc4c(C)c(OC)ccc34)C[C@H]2C(N)=O)C(C)(C)C)c1. The Labute approximate surface area is 296 Å². The second-order valence-electron chi connectivity index (χ2n) is 13.7. The number of carbonyl (C=O) groups is 2. The fraction of sp³-hybridized carbons (Fsp3) is 0.389. The molecule has 0 radical (unpaired) electrons. The van der Waals surface area contributed by atoms with Crippen molar-refractivity contribution < 1.29 is 19.1 Å². The molecule has 0 spiro atoms. The van der Waals surface area contributed by atoms with Gasteiger partial charge in [-0.05, 0) is 42.5 Å². The fourth-order valence-electron chi connectivity index (χ4n) is 5.96. The minimum absolute atomic E-state index is 0.156. The third-order valence-electron chi connectivity index (χ3n) is 8.69. The first-order valence-corrected chi connectivity index (χ1v) is 17.2. The Hall–Kier alpha value is -5.24. The zero-order chi connectivity index (χ0) is 36.3. The van der Waals surface area contributed by atoms with Crippen molar-refractivity contribution in [2.24, 2.45) is 27.1 Å². The quantitative estimate of drug-likeness (QED) is 0.0900. The van der Waals surface area contributed by atoms with Crippen molar-refractivity contribution >= 4 is 52.3 Å². The van der Waals surface area contributed by atoms with E-state index in [0.29, 0.717) is 28.4 Å². The highest BCUT2D eigenvalue weighted by atomic mass is 32.1. The van der Waals surface area contributed by atoms with Crippen LogP contribution in [0.1, 0.15) is 63.8 Å². The van der Waals surface area contributed by atoms with Crippen LogP contribution in [0.25, 0.3) is 21.6 Å². The van der Waals surface area contributed by atoms with E-state index in [0.717, 1.165) is 27.2 Å². The van der Waals surface area contributed by atoms with Crippen LogP contribution < -0.4 is 31.8 Å². The van der Waals surface area contributed by atoms with E-state index in [1.807, 2.05) is 57.3 Å². The molecule has 0 bridgehead atoms. The third-order valence-corrected chi connectivity index (χ3v) is 9.57. The second-order valence-corrected chi connectivity index (χ2v) is 14.5. The number of pyridine rings is 1. The molecule has 0 saturated carbocycles. The Kier molecular flexibility index (Phi) is 10.6. The number of benzene rings is 2. The molecular formula is C36H45N9O4S. The van der Waals surface area contributed by atoms with Gasteiger partial charge in [-0.15, -0.1) is 16.4 Å². The number of aromatic nitrogens is 2. The molecule has 50 heavy (non-hydrogen) atoms. The summed E-state index contributed by atoms with van der Waals surface area (Å²) in [7, 11) is 1.62. The standard InChI is InChI=1S/C36H45N9O4S/c1-19(2)26-18-50-34(42-26)25-16-29(24-12-13-28(48-8)20(3)30(24)41-25)49-23-15-27(33(38)46)45(17-23)35(47)31(36(4,5)6)40-22-11-9-10-21(14-22)32(37)43-44-39-7/h9-14,16,18-19,23,27,31,40,44H,7,15,17H2,1-6,8H3,(H2,37,43)(H2,38,46)/t23-,27+,31-/m1/s1. The van der Waals surface area contributed by atoms with Gasteiger partial charge in [0.05, 0.1) is 24.9 Å². The number of fused-ring (bicyclic) bond motifs is 1. The number of hydrazone groups is 2. The molecule has 1 aliphatic heterocycles. The van der Waals surface area contributed by atoms with Crippen LogP contribution in [-0.2, 0) is 9.59 Å². The summed E-state index contributed by atoms with van der Waals surface area (Å²) < 4.78 is 12.3. The Balaban J connectivity index is 1.46. The number of anilines is 1. The number of nitrogens with one attached hydrogen (secondary N) is 2. The average molecular weight is 700 g/mol. The highest BCUT2D eigenvalue weighted by molar-refractivity contribution is 7.13. The van der Waals surface area contributed by atoms with Crippen LogP contribution in [0, 0.1) is 12.3 Å². The van der Waals surface area contributed by atoms with E-state index in [4.69, 9.17) is 30.9 Å². The summed E-state index contributed by atoms with van der Waals surface area (Å²) in [4.78, 5) is 38.6. The molecule has 14 heteroatoms. The first kappa shape index (κ1) is 36.1. The van der Waals surface area contributed by atoms with Gasteiger partial charge in [0.1, 0.15) is 40.4 Å². The van der Waals surface area contributed by atoms with Crippen LogP contribution in [0.5, 0.6) is 11.5 Å². The topological polar surface area (TPSA) is 182 Å². The van der Waals surface area contributed by atoms with E-state index < -0.39 is 29.5 Å². The van der Waals surface area contributed by atoms with Gasteiger partial charge in [0, 0.05) is 46.8 Å². The highest BCUT2D eigenvalue weighted by Crippen LogP contribution is 2.38. The molecule has 13 nitrogen and oxygen atoms in total. The molecule has 2 aromatic carbocycles. The van der Waals surface area contributed by atoms with Crippen LogP contribution >= 0.6 is 11.3 Å². The van der Waals surface area contributed by atoms with Crippen molar-refractivity contribution in [2.45, 2.75) is 72.1 Å². The van der Waals surface area contributed by atoms with Gasteiger partial charge in [-0.3, -0.25) is 9.59 Å². The summed E-state index contributed by atoms with van der Waals surface area (Å²) in [6, 6.07) is 11.3. The van der Waals surface area contributed by atoms with Crippen LogP contribution in [0.15, 0.2) is 58.0 Å². The Morgan fingerprint density at radius 2 is 1.88 bits per heavy atom. The third kappa shape index (κ3) is 7.65. The van der Waals surface area contributed by atoms with E-state index in [2.05, 4.69) is 41.6 Å². The predicted molar refractivity (Wildman–Crippen MR) is 199 cm³/mol. The van der Waals surface area contributed by atoms with Crippen LogP contribution in [0.4, 0.5) is 5.69 Å². The average Bonchev–Trinajstić information content (AvgIpc) is 3.74. The lowest BCUT2D eigenvalue weighted by atomic mass is 9.85. The summed E-state index contributed by atoms with van der Waals surface area (Å²) in [6.45, 7) is 15.5. The lowest BCUT2D eigenvalue weighted by Crippen LogP contribution is -2.53. The van der Waals surface area contributed by atoms with Gasteiger partial charge in [0.15, 0.2) is 5.84 Å². The molecule has 1 aliphatic rings. The van der Waals surface area contributed by atoms with Crippen molar-refractivity contribution in [3.8, 4) is 22.2 Å². The number of nitrogens with two attached hydrogens (primary N) is 2. The van der Waals surface area contributed by atoms with E-state index in [1.54, 1.807) is 25.3 Å². The minimum atomic E-state index is -0.868. The smallest absolute Gasteiger partial charge is 0.246 e. The number of methoxy groups -OCH3 is 1. The van der Waals surface area contributed by atoms with Gasteiger partial charge in [-0.2, -0.15) is 10.6 Å². The number of aryl methyl sites for hydroxylation is 1. The van der Waals surface area contributed by atoms with E-state index >= 15 is 0 Å². The first-order valence-electron chi connectivity index (χ1n) is 16.3. The largest absolute Gasteiger partial charge is 0.496 e. The second kappa shape index (κ2) is 14.7. The zero-order valence-electron chi connectivity index (χ0n) is 29.5. The number of nitrogens with zero attached hydrogens (tertiary/aromatic N) is 5. The lowest BCUT2D eigenvalue weighted by molar-refractivity contribution is -0.139. The number of hydrogen-bond donors (Lipinski definition) is 4. The van der Waals surface area contributed by atoms with Crippen LogP contribution in [0.3, 0.4) is 0 Å². The number of amidine groups is 1. The summed E-state index contributed by atoms with van der Waals surface area (Å²) in [5, 5.41) is 14.4. The molecule has 3 atom stereocenters. The molecule has 0 unspecified atom stereocenters. The summed E-state index contributed by atoms with van der Waals surface area (Å²) in [5.41, 5.74) is 18.3. The van der Waals surface area contributed by atoms with Gasteiger partial charge in [-0.1, -0.05) is 46.8 Å². The van der Waals surface area contributed by atoms with E-state index in [-0.39, 0.29) is 30.6 Å². The molecule has 0 aliphatic carbocycles. The Bertz CT molecular complexity index is 1930. The number of likely N-dealkylation sites (tertiary alicyclic amines) is 1. The number of carbonyl (C=O) groups excluding carboxylic acids is 2. The molecule has 1 fully saturated rings. The number of rotatable bonds is 12. The summed E-state index contributed by atoms with van der Waals surface area (Å²) >= 11 is 1.52. The maximum absolute atomic E-state index is 14.4. The molecule has 5 rings (SSSR count). The minimum Gasteiger partial charge on any atom is -0.496 e. The maximum Gasteiger partial charge on any atom is 0.246 e. The number of hydrogen-bond acceptors (Lipinski definition) is 11. The predicted octanol–water partition coefficient (Wildman–Crippen LogP) is 4.98. The number of primary amides is 1. The molecule has 3 heterocycles. The van der Waals surface area contributed by atoms with Gasteiger partial charge >= 0.3 is 0 Å². The summed E-state index contributed by atoms with van der Waals surface area (Å²) in [6.07, 6.45) is -0.292. The van der Waals surface area contributed by atoms with Crippen molar-refractivity contribution in [1.82, 2.24) is 20.4 Å². The van der Waals surface area contributed by atoms with Crippen LogP contribution in [-0.4, -0.2) is 71.1 Å². The van der Waals surface area contributed by atoms with Crippen molar-refractivity contribution in [3.63, 3.8) is 0 Å². The Morgan fingerprint density at radius 1 is 1.12 bits per heavy atom. The lowest BCUT2D eigenvalue weighted by Gasteiger charge is -2.35. The molecule has 2 aromatic heterocycles. The van der Waals surface area contributed by atoms with Crippen LogP contribution in [0.2, 0.25) is 0 Å². The normalized spacial score (nSPS) is 17.1. The summed E-state index contributed by atoms with van der Waals surface area (Å²) in [5.74, 6) is 0.863. The molecule has 6 N–H and O–H groups in total. The number of thiazole rings is 1. The monoisotopic (exact) mass is 699 g/mol. The highest BCUT2D eigenvalue weighted by Gasteiger charge is 2.45. The van der Waals surface area contributed by atoms with E-state index in [9.17, 15) is 9.59 Å². The molecule has 264 valence electrons. The maximum atomic E-state index is 14.4. The van der Waals surface area contributed by atoms with E-state index in [1.165, 1.54) is 16.2 Å². The Morgan fingerprint density at radius 3 is 2.52 bits per heavy atom. The molecule has 2 amide bonds. The molecule has 1 saturated heterocycles. The fourth-order valence-corrected chi connectivity index (χ4v) is 6.90.